The fourth-order valence-electron chi connectivity index (χ4n) is 2.96. The number of nitro groups is 1. The van der Waals surface area contributed by atoms with Crippen molar-refractivity contribution in [2.24, 2.45) is 0 Å². The molecule has 0 radical (unpaired) electrons. The van der Waals surface area contributed by atoms with Gasteiger partial charge in [-0.1, -0.05) is 12.1 Å². The Bertz CT molecular complexity index is 990. The highest BCUT2D eigenvalue weighted by Gasteiger charge is 2.35. The lowest BCUT2D eigenvalue weighted by atomic mass is 10.1. The van der Waals surface area contributed by atoms with Crippen molar-refractivity contribution in [3.63, 3.8) is 0 Å². The van der Waals surface area contributed by atoms with E-state index >= 15 is 0 Å². The molecule has 0 fully saturated rings. The van der Waals surface area contributed by atoms with Crippen LogP contribution < -0.4 is 10.6 Å². The first-order chi connectivity index (χ1) is 13.9. The second-order valence-corrected chi connectivity index (χ2v) is 6.22. The molecule has 2 aromatic carbocycles. The lowest BCUT2D eigenvalue weighted by Gasteiger charge is -2.12. The highest BCUT2D eigenvalue weighted by molar-refractivity contribution is 6.22. The van der Waals surface area contributed by atoms with E-state index in [0.29, 0.717) is 13.0 Å². The van der Waals surface area contributed by atoms with Crippen molar-refractivity contribution in [2.45, 2.75) is 6.42 Å². The van der Waals surface area contributed by atoms with E-state index in [1.165, 1.54) is 43.5 Å². The summed E-state index contributed by atoms with van der Waals surface area (Å²) in [6, 6.07) is 9.36. The van der Waals surface area contributed by atoms with Crippen LogP contribution in [-0.2, 0) is 4.74 Å². The van der Waals surface area contributed by atoms with Gasteiger partial charge in [-0.25, -0.2) is 4.79 Å². The Morgan fingerprint density at radius 2 is 1.83 bits per heavy atom. The summed E-state index contributed by atoms with van der Waals surface area (Å²) < 4.78 is 4.94. The molecule has 1 heterocycles. The predicted molar refractivity (Wildman–Crippen MR) is 104 cm³/mol. The van der Waals surface area contributed by atoms with Crippen LogP contribution in [0.4, 0.5) is 21.9 Å². The second-order valence-electron chi connectivity index (χ2n) is 6.22. The summed E-state index contributed by atoms with van der Waals surface area (Å²) in [5.74, 6) is -0.833. The smallest absolute Gasteiger partial charge is 0.323 e. The molecule has 0 saturated heterocycles. The van der Waals surface area contributed by atoms with Gasteiger partial charge in [0.05, 0.1) is 16.1 Å². The Balaban J connectivity index is 1.72. The van der Waals surface area contributed by atoms with Crippen molar-refractivity contribution < 1.29 is 24.0 Å². The molecule has 10 heteroatoms. The molecule has 0 atom stereocenters. The van der Waals surface area contributed by atoms with Gasteiger partial charge >= 0.3 is 6.03 Å². The van der Waals surface area contributed by atoms with Crippen LogP contribution in [0.25, 0.3) is 0 Å². The molecule has 0 unspecified atom stereocenters. The van der Waals surface area contributed by atoms with Gasteiger partial charge in [-0.3, -0.25) is 24.6 Å². The standard InChI is InChI=1S/C19H18N4O6/c1-29-10-4-9-22-17(24)13-8-7-12(11-14(13)18(22)25)20-19(26)21-15-5-2-3-6-16(15)23(27)28/h2-3,5-8,11H,4,9-10H2,1H3,(H2,20,21,26). The van der Waals surface area contributed by atoms with Crippen molar-refractivity contribution >= 4 is 34.9 Å². The topological polar surface area (TPSA) is 131 Å². The summed E-state index contributed by atoms with van der Waals surface area (Å²) >= 11 is 0. The summed E-state index contributed by atoms with van der Waals surface area (Å²) in [7, 11) is 1.54. The molecule has 0 spiro atoms. The molecule has 3 rings (SSSR count). The molecule has 0 aliphatic carbocycles. The number of imide groups is 1. The minimum atomic E-state index is -0.715. The molecule has 150 valence electrons. The number of rotatable bonds is 7. The van der Waals surface area contributed by atoms with Crippen LogP contribution in [0, 0.1) is 10.1 Å². The van der Waals surface area contributed by atoms with Gasteiger partial charge in [0, 0.05) is 32.0 Å². The molecular weight excluding hydrogens is 380 g/mol. The fourth-order valence-corrected chi connectivity index (χ4v) is 2.96. The Hall–Kier alpha value is -3.79. The van der Waals surface area contributed by atoms with Crippen LogP contribution in [0.15, 0.2) is 42.5 Å². The number of nitro benzene ring substituents is 1. The van der Waals surface area contributed by atoms with E-state index in [-0.39, 0.29) is 34.7 Å². The number of amides is 4. The molecule has 10 nitrogen and oxygen atoms in total. The number of nitrogens with zero attached hydrogens (tertiary/aromatic N) is 2. The summed E-state index contributed by atoms with van der Waals surface area (Å²) in [6.07, 6.45) is 0.519. The SMILES string of the molecule is COCCCN1C(=O)c2ccc(NC(=O)Nc3ccccc3[N+](=O)[O-])cc2C1=O. The van der Waals surface area contributed by atoms with Crippen LogP contribution in [-0.4, -0.2) is 47.9 Å². The third-order valence-electron chi connectivity index (χ3n) is 4.31. The zero-order valence-corrected chi connectivity index (χ0v) is 15.5. The Labute approximate surface area is 165 Å². The minimum absolute atomic E-state index is 0.0340. The van der Waals surface area contributed by atoms with Gasteiger partial charge in [0.25, 0.3) is 17.5 Å². The van der Waals surface area contributed by atoms with Crippen molar-refractivity contribution in [3.8, 4) is 0 Å². The van der Waals surface area contributed by atoms with E-state index in [2.05, 4.69) is 10.6 Å². The van der Waals surface area contributed by atoms with Gasteiger partial charge in [-0.2, -0.15) is 0 Å². The third kappa shape index (κ3) is 4.22. The number of urea groups is 1. The number of hydrogen-bond donors (Lipinski definition) is 2. The highest BCUT2D eigenvalue weighted by atomic mass is 16.6. The number of hydrogen-bond acceptors (Lipinski definition) is 6. The van der Waals surface area contributed by atoms with E-state index in [4.69, 9.17) is 4.74 Å². The molecule has 2 N–H and O–H groups in total. The van der Waals surface area contributed by atoms with Gasteiger partial charge in [-0.15, -0.1) is 0 Å². The van der Waals surface area contributed by atoms with Crippen LogP contribution in [0.1, 0.15) is 27.1 Å². The maximum absolute atomic E-state index is 12.5. The summed E-state index contributed by atoms with van der Waals surface area (Å²) in [4.78, 5) is 48.7. The second kappa shape index (κ2) is 8.48. The van der Waals surface area contributed by atoms with Gasteiger partial charge < -0.3 is 15.4 Å². The zero-order valence-electron chi connectivity index (χ0n) is 15.5. The first-order valence-corrected chi connectivity index (χ1v) is 8.73. The van der Waals surface area contributed by atoms with E-state index in [1.54, 1.807) is 6.07 Å². The molecule has 4 amide bonds. The van der Waals surface area contributed by atoms with Crippen molar-refractivity contribution in [2.75, 3.05) is 30.9 Å². The number of nitrogens with one attached hydrogen (secondary N) is 2. The molecule has 0 saturated carbocycles. The molecule has 1 aliphatic heterocycles. The Kier molecular flexibility index (Phi) is 5.84. The van der Waals surface area contributed by atoms with Crippen LogP contribution in [0.3, 0.4) is 0 Å². The van der Waals surface area contributed by atoms with Crippen molar-refractivity contribution in [3.05, 3.63) is 63.7 Å². The van der Waals surface area contributed by atoms with Crippen LogP contribution in [0.5, 0.6) is 0 Å². The first kappa shape index (κ1) is 20.0. The number of carbonyl (C=O) groups is 3. The monoisotopic (exact) mass is 398 g/mol. The largest absolute Gasteiger partial charge is 0.385 e. The number of ether oxygens (including phenoxy) is 1. The zero-order chi connectivity index (χ0) is 21.0. The lowest BCUT2D eigenvalue weighted by Crippen LogP contribution is -2.31. The number of fused-ring (bicyclic) bond motifs is 1. The number of methoxy groups -OCH3 is 1. The molecule has 0 aromatic heterocycles. The molecule has 2 aromatic rings. The molecule has 1 aliphatic rings. The van der Waals surface area contributed by atoms with Gasteiger partial charge in [-0.05, 0) is 30.7 Å². The average Bonchev–Trinajstić information content (AvgIpc) is 2.92. The summed E-state index contributed by atoms with van der Waals surface area (Å²) in [5.41, 5.74) is 0.517. The van der Waals surface area contributed by atoms with Crippen LogP contribution in [0.2, 0.25) is 0 Å². The first-order valence-electron chi connectivity index (χ1n) is 8.73. The molecule has 29 heavy (non-hydrogen) atoms. The number of para-hydroxylation sites is 2. The van der Waals surface area contributed by atoms with Gasteiger partial charge in [0.2, 0.25) is 0 Å². The van der Waals surface area contributed by atoms with E-state index < -0.39 is 22.8 Å². The maximum atomic E-state index is 12.5. The van der Waals surface area contributed by atoms with Gasteiger partial charge in [0.1, 0.15) is 5.69 Å². The molecule has 0 bridgehead atoms. The van der Waals surface area contributed by atoms with Crippen molar-refractivity contribution in [1.29, 1.82) is 0 Å². The Morgan fingerprint density at radius 3 is 2.55 bits per heavy atom. The lowest BCUT2D eigenvalue weighted by molar-refractivity contribution is -0.383. The fraction of sp³-hybridized carbons (Fsp3) is 0.211. The quantitative estimate of drug-likeness (QED) is 0.319. The molecular formula is C19H18N4O6. The minimum Gasteiger partial charge on any atom is -0.385 e. The Morgan fingerprint density at radius 1 is 1.10 bits per heavy atom. The average molecular weight is 398 g/mol. The van der Waals surface area contributed by atoms with Crippen molar-refractivity contribution in [1.82, 2.24) is 4.90 Å². The number of benzene rings is 2. The van der Waals surface area contributed by atoms with E-state index in [9.17, 15) is 24.5 Å². The predicted octanol–water partition coefficient (Wildman–Crippen LogP) is 2.87. The normalized spacial score (nSPS) is 12.7. The maximum Gasteiger partial charge on any atom is 0.323 e. The van der Waals surface area contributed by atoms with Crippen LogP contribution >= 0.6 is 0 Å². The number of carbonyl (C=O) groups excluding carboxylic acids is 3. The highest BCUT2D eigenvalue weighted by Crippen LogP contribution is 2.27. The summed E-state index contributed by atoms with van der Waals surface area (Å²) in [6.45, 7) is 0.660. The third-order valence-corrected chi connectivity index (χ3v) is 4.31. The van der Waals surface area contributed by atoms with E-state index in [0.717, 1.165) is 4.90 Å². The van der Waals surface area contributed by atoms with Gasteiger partial charge in [0.15, 0.2) is 0 Å². The number of anilines is 2. The summed E-state index contributed by atoms with van der Waals surface area (Å²) in [5, 5.41) is 16.0. The van der Waals surface area contributed by atoms with E-state index in [1.807, 2.05) is 0 Å².